The van der Waals surface area contributed by atoms with Crippen LogP contribution in [0, 0.1) is 6.92 Å². The molecule has 2 aromatic carbocycles. The minimum atomic E-state index is 0.273. The fourth-order valence-corrected chi connectivity index (χ4v) is 2.58. The number of rotatable bonds is 5. The number of aryl methyl sites for hydroxylation is 2. The number of aromatic hydroxyl groups is 1. The van der Waals surface area contributed by atoms with E-state index in [-0.39, 0.29) is 6.04 Å². The van der Waals surface area contributed by atoms with Crippen LogP contribution >= 0.6 is 23.2 Å². The normalized spacial score (nSPS) is 12.2. The smallest absolute Gasteiger partial charge is 0.115 e. The van der Waals surface area contributed by atoms with Gasteiger partial charge in [-0.3, -0.25) is 0 Å². The topological polar surface area (TPSA) is 32.3 Å². The summed E-state index contributed by atoms with van der Waals surface area (Å²) in [6.45, 7) is 4.05. The summed E-state index contributed by atoms with van der Waals surface area (Å²) in [6, 6.07) is 11.3. The van der Waals surface area contributed by atoms with Crippen LogP contribution in [0.2, 0.25) is 10.0 Å². The highest BCUT2D eigenvalue weighted by Gasteiger charge is 2.08. The Hall–Kier alpha value is -1.38. The summed E-state index contributed by atoms with van der Waals surface area (Å²) in [7, 11) is 0. The van der Waals surface area contributed by atoms with E-state index >= 15 is 0 Å². The van der Waals surface area contributed by atoms with Gasteiger partial charge < -0.3 is 10.4 Å². The molecule has 0 saturated carbocycles. The van der Waals surface area contributed by atoms with Gasteiger partial charge in [0.2, 0.25) is 0 Å². The van der Waals surface area contributed by atoms with Gasteiger partial charge in [0.05, 0.1) is 10.7 Å². The summed E-state index contributed by atoms with van der Waals surface area (Å²) in [4.78, 5) is 0. The molecule has 0 fully saturated rings. The van der Waals surface area contributed by atoms with E-state index in [0.29, 0.717) is 15.8 Å². The molecule has 0 aliphatic rings. The molecule has 2 N–H and O–H groups in total. The maximum Gasteiger partial charge on any atom is 0.115 e. The van der Waals surface area contributed by atoms with Gasteiger partial charge in [-0.2, -0.15) is 0 Å². The van der Waals surface area contributed by atoms with Gasteiger partial charge in [0, 0.05) is 11.1 Å². The molecular formula is C17H19Cl2NO. The molecule has 2 aromatic rings. The average Bonchev–Trinajstić information content (AvgIpc) is 2.44. The van der Waals surface area contributed by atoms with E-state index in [1.807, 2.05) is 31.2 Å². The van der Waals surface area contributed by atoms with Gasteiger partial charge in [0.15, 0.2) is 0 Å². The molecule has 0 aliphatic carbocycles. The molecule has 0 heterocycles. The first kappa shape index (κ1) is 16.0. The number of benzene rings is 2. The molecule has 4 heteroatoms. The molecule has 2 nitrogen and oxygen atoms in total. The highest BCUT2D eigenvalue weighted by atomic mass is 35.5. The zero-order valence-corrected chi connectivity index (χ0v) is 13.7. The molecule has 0 spiro atoms. The number of halogens is 2. The van der Waals surface area contributed by atoms with Crippen molar-refractivity contribution in [2.75, 3.05) is 5.32 Å². The Morgan fingerprint density at radius 1 is 1.10 bits per heavy atom. The average molecular weight is 324 g/mol. The van der Waals surface area contributed by atoms with Crippen LogP contribution in [0.4, 0.5) is 5.69 Å². The van der Waals surface area contributed by atoms with Gasteiger partial charge in [-0.15, -0.1) is 0 Å². The van der Waals surface area contributed by atoms with Crippen LogP contribution in [-0.4, -0.2) is 11.1 Å². The number of hydrogen-bond acceptors (Lipinski definition) is 2. The molecule has 0 aromatic heterocycles. The van der Waals surface area contributed by atoms with E-state index in [1.54, 1.807) is 12.1 Å². The first-order valence-corrected chi connectivity index (χ1v) is 7.71. The quantitative estimate of drug-likeness (QED) is 0.767. The number of anilines is 1. The predicted octanol–water partition coefficient (Wildman–Crippen LogP) is 5.44. The monoisotopic (exact) mass is 323 g/mol. The third-order valence-electron chi connectivity index (χ3n) is 3.45. The predicted molar refractivity (Wildman–Crippen MR) is 90.7 cm³/mol. The fraction of sp³-hybridized carbons (Fsp3) is 0.294. The second kappa shape index (κ2) is 7.06. The van der Waals surface area contributed by atoms with Crippen molar-refractivity contribution in [3.8, 4) is 5.75 Å². The molecule has 2 rings (SSSR count). The van der Waals surface area contributed by atoms with Crippen molar-refractivity contribution < 1.29 is 5.11 Å². The van der Waals surface area contributed by atoms with E-state index in [1.165, 1.54) is 5.56 Å². The van der Waals surface area contributed by atoms with Gasteiger partial charge >= 0.3 is 0 Å². The number of nitrogens with one attached hydrogen (secondary N) is 1. The minimum absolute atomic E-state index is 0.273. The van der Waals surface area contributed by atoms with Crippen molar-refractivity contribution in [2.45, 2.75) is 32.7 Å². The number of phenolic OH excluding ortho intramolecular Hbond substituents is 1. The van der Waals surface area contributed by atoms with Crippen molar-refractivity contribution in [2.24, 2.45) is 0 Å². The molecule has 1 unspecified atom stereocenters. The summed E-state index contributed by atoms with van der Waals surface area (Å²) in [5.41, 5.74) is 3.05. The Labute approximate surface area is 135 Å². The molecule has 0 bridgehead atoms. The van der Waals surface area contributed by atoms with Crippen molar-refractivity contribution in [3.05, 3.63) is 57.6 Å². The van der Waals surface area contributed by atoms with Crippen molar-refractivity contribution >= 4 is 28.9 Å². The number of phenols is 1. The van der Waals surface area contributed by atoms with Crippen molar-refractivity contribution in [1.29, 1.82) is 0 Å². The van der Waals surface area contributed by atoms with Crippen LogP contribution < -0.4 is 5.32 Å². The van der Waals surface area contributed by atoms with Crippen LogP contribution in [0.5, 0.6) is 5.75 Å². The molecule has 1 atom stereocenters. The zero-order chi connectivity index (χ0) is 15.4. The van der Waals surface area contributed by atoms with Gasteiger partial charge in [-0.25, -0.2) is 0 Å². The second-order valence-electron chi connectivity index (χ2n) is 5.33. The van der Waals surface area contributed by atoms with Gasteiger partial charge in [0.1, 0.15) is 5.75 Å². The molecule has 0 amide bonds. The lowest BCUT2D eigenvalue weighted by molar-refractivity contribution is 0.475. The maximum absolute atomic E-state index is 9.27. The first-order valence-electron chi connectivity index (χ1n) is 6.96. The van der Waals surface area contributed by atoms with E-state index in [9.17, 15) is 5.11 Å². The zero-order valence-electron chi connectivity index (χ0n) is 12.2. The number of hydrogen-bond donors (Lipinski definition) is 2. The summed E-state index contributed by atoms with van der Waals surface area (Å²) in [5, 5.41) is 14.1. The maximum atomic E-state index is 9.27. The highest BCUT2D eigenvalue weighted by molar-refractivity contribution is 6.35. The largest absolute Gasteiger partial charge is 0.508 e. The van der Waals surface area contributed by atoms with Gasteiger partial charge in [0.25, 0.3) is 0 Å². The molecule has 0 aliphatic heterocycles. The lowest BCUT2D eigenvalue weighted by Crippen LogP contribution is -2.16. The van der Waals surface area contributed by atoms with E-state index in [4.69, 9.17) is 23.2 Å². The van der Waals surface area contributed by atoms with Gasteiger partial charge in [-0.05, 0) is 62.1 Å². The lowest BCUT2D eigenvalue weighted by Gasteiger charge is -2.17. The summed E-state index contributed by atoms with van der Waals surface area (Å²) >= 11 is 12.4. The Balaban J connectivity index is 1.94. The molecule has 112 valence electrons. The van der Waals surface area contributed by atoms with E-state index in [0.717, 1.165) is 24.1 Å². The summed E-state index contributed by atoms with van der Waals surface area (Å²) in [5.74, 6) is 0.297. The second-order valence-corrected chi connectivity index (χ2v) is 6.15. The van der Waals surface area contributed by atoms with Crippen LogP contribution in [0.15, 0.2) is 36.4 Å². The van der Waals surface area contributed by atoms with Crippen molar-refractivity contribution in [1.82, 2.24) is 0 Å². The lowest BCUT2D eigenvalue weighted by atomic mass is 10.1. The van der Waals surface area contributed by atoms with Crippen LogP contribution in [0.25, 0.3) is 0 Å². The minimum Gasteiger partial charge on any atom is -0.508 e. The Bertz CT molecular complexity index is 611. The third-order valence-corrected chi connectivity index (χ3v) is 4.17. The third kappa shape index (κ3) is 4.55. The van der Waals surface area contributed by atoms with Gasteiger partial charge in [-0.1, -0.05) is 35.3 Å². The molecule has 0 radical (unpaired) electrons. The highest BCUT2D eigenvalue weighted by Crippen LogP contribution is 2.29. The van der Waals surface area contributed by atoms with Crippen LogP contribution in [0.1, 0.15) is 24.5 Å². The SMILES string of the molecule is Cc1cc(Cl)c(NC(C)CCc2ccc(O)cc2)cc1Cl. The Morgan fingerprint density at radius 3 is 2.43 bits per heavy atom. The standard InChI is InChI=1S/C17H19Cl2NO/c1-11-9-16(19)17(10-15(11)18)20-12(2)3-4-13-5-7-14(21)8-6-13/h5-10,12,20-21H,3-4H2,1-2H3. The fourth-order valence-electron chi connectivity index (χ4n) is 2.14. The summed E-state index contributed by atoms with van der Waals surface area (Å²) in [6.07, 6.45) is 1.90. The summed E-state index contributed by atoms with van der Waals surface area (Å²) < 4.78 is 0. The Morgan fingerprint density at radius 2 is 1.76 bits per heavy atom. The van der Waals surface area contributed by atoms with Crippen LogP contribution in [0.3, 0.4) is 0 Å². The first-order chi connectivity index (χ1) is 9.95. The van der Waals surface area contributed by atoms with Crippen LogP contribution in [-0.2, 0) is 6.42 Å². The molecule has 21 heavy (non-hydrogen) atoms. The van der Waals surface area contributed by atoms with Crippen molar-refractivity contribution in [3.63, 3.8) is 0 Å². The molecule has 0 saturated heterocycles. The molecular weight excluding hydrogens is 305 g/mol. The van der Waals surface area contributed by atoms with E-state index < -0.39 is 0 Å². The van der Waals surface area contributed by atoms with E-state index in [2.05, 4.69) is 12.2 Å². The Kier molecular flexibility index (Phi) is 5.38.